The molecule has 2 aromatic heterocycles. The largest absolute Gasteiger partial charge is 0.384 e. The summed E-state index contributed by atoms with van der Waals surface area (Å²) in [5.74, 6) is 1.01. The fourth-order valence-electron chi connectivity index (χ4n) is 4.27. The lowest BCUT2D eigenvalue weighted by atomic mass is 9.79. The number of nitrogens with zero attached hydrogens (tertiary/aromatic N) is 3. The smallest absolute Gasteiger partial charge is 0.251 e. The quantitative estimate of drug-likeness (QED) is 0.715. The van der Waals surface area contributed by atoms with E-state index in [1.165, 1.54) is 4.68 Å². The Morgan fingerprint density at radius 1 is 1.42 bits per heavy atom. The van der Waals surface area contributed by atoms with Crippen molar-refractivity contribution >= 4 is 11.7 Å². The third kappa shape index (κ3) is 3.01. The van der Waals surface area contributed by atoms with Gasteiger partial charge in [0.05, 0.1) is 11.7 Å². The molecule has 26 heavy (non-hydrogen) atoms. The van der Waals surface area contributed by atoms with Crippen LogP contribution in [-0.2, 0) is 11.3 Å². The van der Waals surface area contributed by atoms with Crippen molar-refractivity contribution in [2.75, 3.05) is 25.4 Å². The molecule has 2 aromatic rings. The summed E-state index contributed by atoms with van der Waals surface area (Å²) in [7, 11) is 0. The van der Waals surface area contributed by atoms with Crippen molar-refractivity contribution < 1.29 is 4.79 Å². The molecule has 3 atom stereocenters. The van der Waals surface area contributed by atoms with E-state index in [4.69, 9.17) is 5.73 Å². The average Bonchev–Trinajstić information content (AvgIpc) is 2.93. The zero-order valence-corrected chi connectivity index (χ0v) is 14.8. The highest BCUT2D eigenvalue weighted by Crippen LogP contribution is 2.37. The molecule has 2 aliphatic heterocycles. The van der Waals surface area contributed by atoms with Crippen LogP contribution in [0.5, 0.6) is 0 Å². The first-order chi connectivity index (χ1) is 12.5. The number of pyridine rings is 1. The number of piperidine rings is 1. The minimum Gasteiger partial charge on any atom is -0.384 e. The van der Waals surface area contributed by atoms with Crippen LogP contribution in [0.2, 0.25) is 0 Å². The first kappa shape index (κ1) is 16.8. The van der Waals surface area contributed by atoms with Gasteiger partial charge in [-0.2, -0.15) is 5.10 Å². The molecule has 0 aliphatic carbocycles. The molecule has 1 saturated heterocycles. The fraction of sp³-hybridized carbons (Fsp3) is 0.500. The summed E-state index contributed by atoms with van der Waals surface area (Å²) < 4.78 is 3.37. The number of aromatic nitrogens is 3. The maximum atomic E-state index is 12.5. The Kier molecular flexibility index (Phi) is 4.28. The summed E-state index contributed by atoms with van der Waals surface area (Å²) in [6.07, 6.45) is 1.04. The second-order valence-corrected chi connectivity index (χ2v) is 7.25. The Hall–Kier alpha value is -2.61. The van der Waals surface area contributed by atoms with Crippen LogP contribution in [-0.4, -0.2) is 39.9 Å². The number of hydrogen-bond acceptors (Lipinski definition) is 5. The standard InChI is InChI=1S/C18H24N6O2/c1-11-5-16(19)23(22-11)10-17(25)21-9-15-13-6-12(7-20-8-13)14-3-2-4-18(26)24(14)15/h2-5,12-13,15,20H,6-10,19H2,1H3,(H,21,25)/t12-,13+,15+/m1/s1. The Morgan fingerprint density at radius 3 is 3.04 bits per heavy atom. The second kappa shape index (κ2) is 6.60. The molecule has 0 aromatic carbocycles. The van der Waals surface area contributed by atoms with E-state index in [0.717, 1.165) is 30.9 Å². The van der Waals surface area contributed by atoms with E-state index in [0.29, 0.717) is 24.2 Å². The Morgan fingerprint density at radius 2 is 2.27 bits per heavy atom. The van der Waals surface area contributed by atoms with E-state index < -0.39 is 0 Å². The van der Waals surface area contributed by atoms with Gasteiger partial charge in [-0.05, 0) is 25.3 Å². The second-order valence-electron chi connectivity index (χ2n) is 7.25. The van der Waals surface area contributed by atoms with Gasteiger partial charge < -0.3 is 20.9 Å². The number of nitrogens with one attached hydrogen (secondary N) is 2. The highest BCUT2D eigenvalue weighted by atomic mass is 16.2. The lowest BCUT2D eigenvalue weighted by Crippen LogP contribution is -2.50. The van der Waals surface area contributed by atoms with Crippen LogP contribution < -0.4 is 21.9 Å². The van der Waals surface area contributed by atoms with E-state index in [-0.39, 0.29) is 24.1 Å². The van der Waals surface area contributed by atoms with Crippen LogP contribution in [0.25, 0.3) is 0 Å². The summed E-state index contributed by atoms with van der Waals surface area (Å²) in [6.45, 7) is 4.10. The number of fused-ring (bicyclic) bond motifs is 4. The minimum atomic E-state index is -0.156. The molecule has 4 N–H and O–H groups in total. The first-order valence-corrected chi connectivity index (χ1v) is 9.01. The number of anilines is 1. The van der Waals surface area contributed by atoms with E-state index in [9.17, 15) is 9.59 Å². The van der Waals surface area contributed by atoms with Crippen molar-refractivity contribution in [2.45, 2.75) is 31.8 Å². The lowest BCUT2D eigenvalue weighted by molar-refractivity contribution is -0.122. The lowest BCUT2D eigenvalue weighted by Gasteiger charge is -2.43. The van der Waals surface area contributed by atoms with Crippen molar-refractivity contribution in [3.63, 3.8) is 0 Å². The van der Waals surface area contributed by atoms with Crippen LogP contribution in [0.3, 0.4) is 0 Å². The molecule has 8 nitrogen and oxygen atoms in total. The normalized spacial score (nSPS) is 24.1. The number of nitrogens with two attached hydrogens (primary N) is 1. The van der Waals surface area contributed by atoms with E-state index in [2.05, 4.69) is 15.7 Å². The molecule has 1 fully saturated rings. The minimum absolute atomic E-state index is 0.00490. The predicted octanol–water partition coefficient (Wildman–Crippen LogP) is -0.000380. The van der Waals surface area contributed by atoms with E-state index >= 15 is 0 Å². The van der Waals surface area contributed by atoms with Crippen LogP contribution in [0.1, 0.15) is 29.8 Å². The zero-order chi connectivity index (χ0) is 18.3. The van der Waals surface area contributed by atoms with Gasteiger partial charge in [0.2, 0.25) is 5.91 Å². The van der Waals surface area contributed by atoms with E-state index in [1.54, 1.807) is 12.1 Å². The molecule has 2 aliphatic rings. The molecule has 138 valence electrons. The number of nitrogen functional groups attached to an aromatic ring is 1. The van der Waals surface area contributed by atoms with Crippen LogP contribution in [0, 0.1) is 12.8 Å². The van der Waals surface area contributed by atoms with Crippen molar-refractivity contribution in [3.05, 3.63) is 46.0 Å². The van der Waals surface area contributed by atoms with Crippen LogP contribution >= 0.6 is 0 Å². The number of carbonyl (C=O) groups is 1. The van der Waals surface area contributed by atoms with Gasteiger partial charge in [-0.3, -0.25) is 9.59 Å². The molecule has 0 saturated carbocycles. The fourth-order valence-corrected chi connectivity index (χ4v) is 4.27. The Bertz CT molecular complexity index is 886. The number of amides is 1. The topological polar surface area (TPSA) is 107 Å². The van der Waals surface area contributed by atoms with Gasteiger partial charge in [0.15, 0.2) is 0 Å². The molecule has 4 rings (SSSR count). The molecule has 2 bridgehead atoms. The van der Waals surface area contributed by atoms with Crippen molar-refractivity contribution in [3.8, 4) is 0 Å². The number of hydrogen-bond donors (Lipinski definition) is 3. The van der Waals surface area contributed by atoms with Gasteiger partial charge in [0, 0.05) is 43.4 Å². The number of carbonyl (C=O) groups excluding carboxylic acids is 1. The third-order valence-corrected chi connectivity index (χ3v) is 5.43. The van der Waals surface area contributed by atoms with Crippen molar-refractivity contribution in [2.24, 2.45) is 5.92 Å². The number of aryl methyl sites for hydroxylation is 1. The molecular formula is C18H24N6O2. The van der Waals surface area contributed by atoms with Gasteiger partial charge in [0.25, 0.3) is 5.56 Å². The van der Waals surface area contributed by atoms with Crippen molar-refractivity contribution in [1.29, 1.82) is 0 Å². The first-order valence-electron chi connectivity index (χ1n) is 9.01. The SMILES string of the molecule is Cc1cc(N)n(CC(=O)NC[C@H]2[C@@H]3CNC[C@@H](C3)c3cccc(=O)n32)n1. The van der Waals surface area contributed by atoms with Crippen molar-refractivity contribution in [1.82, 2.24) is 25.0 Å². The molecule has 0 spiro atoms. The zero-order valence-electron chi connectivity index (χ0n) is 14.8. The maximum Gasteiger partial charge on any atom is 0.251 e. The van der Waals surface area contributed by atoms with E-state index in [1.807, 2.05) is 23.6 Å². The third-order valence-electron chi connectivity index (χ3n) is 5.43. The van der Waals surface area contributed by atoms with Gasteiger partial charge >= 0.3 is 0 Å². The van der Waals surface area contributed by atoms with Crippen LogP contribution in [0.15, 0.2) is 29.1 Å². The summed E-state index contributed by atoms with van der Waals surface area (Å²) >= 11 is 0. The highest BCUT2D eigenvalue weighted by Gasteiger charge is 2.37. The van der Waals surface area contributed by atoms with Crippen LogP contribution in [0.4, 0.5) is 5.82 Å². The molecule has 0 radical (unpaired) electrons. The molecule has 4 heterocycles. The summed E-state index contributed by atoms with van der Waals surface area (Å²) in [5, 5.41) is 10.6. The molecular weight excluding hydrogens is 332 g/mol. The molecule has 8 heteroatoms. The molecule has 0 unspecified atom stereocenters. The van der Waals surface area contributed by atoms with Gasteiger partial charge in [-0.15, -0.1) is 0 Å². The van der Waals surface area contributed by atoms with Gasteiger partial charge in [-0.1, -0.05) is 6.07 Å². The predicted molar refractivity (Wildman–Crippen MR) is 97.8 cm³/mol. The highest BCUT2D eigenvalue weighted by molar-refractivity contribution is 5.76. The van der Waals surface area contributed by atoms with Gasteiger partial charge in [0.1, 0.15) is 12.4 Å². The summed E-state index contributed by atoms with van der Waals surface area (Å²) in [4.78, 5) is 24.8. The maximum absolute atomic E-state index is 12.5. The summed E-state index contributed by atoms with van der Waals surface area (Å²) in [5.41, 5.74) is 7.69. The summed E-state index contributed by atoms with van der Waals surface area (Å²) in [6, 6.07) is 7.14. The average molecular weight is 356 g/mol. The van der Waals surface area contributed by atoms with Gasteiger partial charge in [-0.25, -0.2) is 4.68 Å². The number of rotatable bonds is 4. The Labute approximate surface area is 151 Å². The monoisotopic (exact) mass is 356 g/mol. The Balaban J connectivity index is 1.51. The molecule has 1 amide bonds.